The maximum Gasteiger partial charge on any atom is 0.234 e. The molecule has 2 heterocycles. The van der Waals surface area contributed by atoms with Crippen LogP contribution in [0.2, 0.25) is 0 Å². The molecule has 4 rings (SSSR count). The fourth-order valence-corrected chi connectivity index (χ4v) is 5.35. The molecule has 6 nitrogen and oxygen atoms in total. The van der Waals surface area contributed by atoms with Crippen molar-refractivity contribution in [2.24, 2.45) is 5.92 Å². The lowest BCUT2D eigenvalue weighted by Gasteiger charge is -2.24. The van der Waals surface area contributed by atoms with Gasteiger partial charge in [0.1, 0.15) is 0 Å². The zero-order chi connectivity index (χ0) is 22.0. The van der Waals surface area contributed by atoms with Gasteiger partial charge in [0.25, 0.3) is 0 Å². The van der Waals surface area contributed by atoms with E-state index < -0.39 is 0 Å². The summed E-state index contributed by atoms with van der Waals surface area (Å²) in [5.41, 5.74) is 1.72. The van der Waals surface area contributed by atoms with Gasteiger partial charge in [0.2, 0.25) is 11.8 Å². The maximum atomic E-state index is 13.6. The number of halogens is 2. The van der Waals surface area contributed by atoms with Gasteiger partial charge in [0.15, 0.2) is 5.13 Å². The van der Waals surface area contributed by atoms with E-state index in [1.807, 2.05) is 62.6 Å². The van der Waals surface area contributed by atoms with E-state index in [9.17, 15) is 9.59 Å². The molecule has 1 saturated heterocycles. The molecule has 170 valence electrons. The van der Waals surface area contributed by atoms with Gasteiger partial charge in [0, 0.05) is 29.7 Å². The third kappa shape index (κ3) is 5.49. The smallest absolute Gasteiger partial charge is 0.234 e. The van der Waals surface area contributed by atoms with Crippen LogP contribution in [-0.4, -0.2) is 55.4 Å². The first-order valence-electron chi connectivity index (χ1n) is 10.3. The van der Waals surface area contributed by atoms with Crippen LogP contribution in [-0.2, 0) is 9.59 Å². The number of hydrogen-bond donors (Lipinski definition) is 0. The van der Waals surface area contributed by atoms with E-state index in [-0.39, 0.29) is 36.6 Å². The fraction of sp³-hybridized carbons (Fsp3) is 0.348. The van der Waals surface area contributed by atoms with E-state index in [0.29, 0.717) is 18.2 Å². The molecule has 0 bridgehead atoms. The monoisotopic (exact) mass is 536 g/mol. The Hall–Kier alpha value is -2.00. The van der Waals surface area contributed by atoms with Gasteiger partial charge in [-0.05, 0) is 57.4 Å². The predicted molar refractivity (Wildman–Crippen MR) is 137 cm³/mol. The molecular formula is C23H26BrClN4O2S. The van der Waals surface area contributed by atoms with Gasteiger partial charge in [-0.25, -0.2) is 4.98 Å². The van der Waals surface area contributed by atoms with Crippen molar-refractivity contribution in [3.63, 3.8) is 0 Å². The number of benzene rings is 2. The van der Waals surface area contributed by atoms with Gasteiger partial charge < -0.3 is 9.80 Å². The number of aromatic nitrogens is 1. The van der Waals surface area contributed by atoms with Crippen LogP contribution in [0.15, 0.2) is 53.0 Å². The van der Waals surface area contributed by atoms with Crippen LogP contribution in [0.25, 0.3) is 10.2 Å². The average molecular weight is 538 g/mol. The van der Waals surface area contributed by atoms with Gasteiger partial charge in [0.05, 0.1) is 16.1 Å². The van der Waals surface area contributed by atoms with Crippen molar-refractivity contribution in [3.8, 4) is 0 Å². The van der Waals surface area contributed by atoms with E-state index in [0.717, 1.165) is 33.3 Å². The molecule has 0 spiro atoms. The lowest BCUT2D eigenvalue weighted by atomic mass is 10.1. The summed E-state index contributed by atoms with van der Waals surface area (Å²) in [5, 5.41) is 0.697. The quantitative estimate of drug-likeness (QED) is 0.434. The maximum absolute atomic E-state index is 13.6. The Morgan fingerprint density at radius 2 is 1.94 bits per heavy atom. The van der Waals surface area contributed by atoms with E-state index in [4.69, 9.17) is 4.98 Å². The normalized spacial score (nSPS) is 15.9. The second-order valence-electron chi connectivity index (χ2n) is 8.00. The predicted octanol–water partition coefficient (Wildman–Crippen LogP) is 4.82. The van der Waals surface area contributed by atoms with Crippen LogP contribution >= 0.6 is 39.7 Å². The number of hydrogen-bond acceptors (Lipinski definition) is 5. The zero-order valence-corrected chi connectivity index (χ0v) is 21.3. The highest BCUT2D eigenvalue weighted by molar-refractivity contribution is 9.10. The van der Waals surface area contributed by atoms with Crippen molar-refractivity contribution in [3.05, 3.63) is 53.0 Å². The van der Waals surface area contributed by atoms with Crippen molar-refractivity contribution in [2.75, 3.05) is 43.5 Å². The Balaban J connectivity index is 0.00000289. The van der Waals surface area contributed by atoms with Gasteiger partial charge in [-0.2, -0.15) is 0 Å². The van der Waals surface area contributed by atoms with Crippen LogP contribution in [0, 0.1) is 5.92 Å². The molecule has 1 fully saturated rings. The van der Waals surface area contributed by atoms with E-state index in [1.165, 1.54) is 11.3 Å². The Labute approximate surface area is 206 Å². The van der Waals surface area contributed by atoms with E-state index in [1.54, 1.807) is 9.80 Å². The highest BCUT2D eigenvalue weighted by Gasteiger charge is 2.38. The number of carbonyl (C=O) groups is 2. The average Bonchev–Trinajstić information content (AvgIpc) is 3.34. The Bertz CT molecular complexity index is 1090. The first-order chi connectivity index (χ1) is 14.9. The molecule has 1 unspecified atom stereocenters. The summed E-state index contributed by atoms with van der Waals surface area (Å²) >= 11 is 5.02. The molecule has 2 amide bonds. The third-order valence-electron chi connectivity index (χ3n) is 5.37. The minimum Gasteiger partial charge on any atom is -0.312 e. The minimum atomic E-state index is -0.370. The topological polar surface area (TPSA) is 56.8 Å². The summed E-state index contributed by atoms with van der Waals surface area (Å²) in [4.78, 5) is 36.6. The van der Waals surface area contributed by atoms with Crippen LogP contribution in [0.5, 0.6) is 0 Å². The number of nitrogens with zero attached hydrogens (tertiary/aromatic N) is 4. The van der Waals surface area contributed by atoms with Gasteiger partial charge in [-0.1, -0.05) is 45.5 Å². The van der Waals surface area contributed by atoms with E-state index >= 15 is 0 Å². The van der Waals surface area contributed by atoms with Crippen LogP contribution in [0.1, 0.15) is 12.8 Å². The van der Waals surface area contributed by atoms with Gasteiger partial charge in [-0.3, -0.25) is 14.5 Å². The second kappa shape index (κ2) is 10.7. The van der Waals surface area contributed by atoms with Crippen molar-refractivity contribution in [2.45, 2.75) is 12.8 Å². The SMILES string of the molecule is CN(C)CCCN(C(=O)C1CC(=O)N(c2ccccc2)C1)c1nc2ccc(Br)cc2s1.Cl. The Morgan fingerprint density at radius 1 is 1.19 bits per heavy atom. The molecule has 3 aromatic rings. The Morgan fingerprint density at radius 3 is 2.66 bits per heavy atom. The highest BCUT2D eigenvalue weighted by atomic mass is 79.9. The van der Waals surface area contributed by atoms with Gasteiger partial charge >= 0.3 is 0 Å². The van der Waals surface area contributed by atoms with Crippen molar-refractivity contribution >= 4 is 72.5 Å². The molecule has 1 aliphatic heterocycles. The molecular weight excluding hydrogens is 512 g/mol. The number of anilines is 2. The summed E-state index contributed by atoms with van der Waals surface area (Å²) in [7, 11) is 4.05. The number of amides is 2. The molecule has 1 aromatic heterocycles. The summed E-state index contributed by atoms with van der Waals surface area (Å²) < 4.78 is 2.02. The standard InChI is InChI=1S/C23H25BrN4O2S.ClH/c1-26(2)11-6-12-27(23-25-19-10-9-17(24)14-20(19)31-23)22(30)16-13-21(29)28(15-16)18-7-4-3-5-8-18;/h3-5,7-10,14,16H,6,11-13,15H2,1-2H3;1H. The first kappa shape index (κ1) is 24.6. The van der Waals surface area contributed by atoms with Crippen LogP contribution < -0.4 is 9.80 Å². The number of thiazole rings is 1. The lowest BCUT2D eigenvalue weighted by Crippen LogP contribution is -2.39. The zero-order valence-electron chi connectivity index (χ0n) is 18.0. The minimum absolute atomic E-state index is 0. The first-order valence-corrected chi connectivity index (χ1v) is 11.9. The Kier molecular flexibility index (Phi) is 8.27. The summed E-state index contributed by atoms with van der Waals surface area (Å²) in [6.45, 7) is 1.86. The highest BCUT2D eigenvalue weighted by Crippen LogP contribution is 2.33. The molecule has 0 N–H and O–H groups in total. The number of para-hydroxylation sites is 1. The number of carbonyl (C=O) groups excluding carboxylic acids is 2. The van der Waals surface area contributed by atoms with E-state index in [2.05, 4.69) is 20.8 Å². The second-order valence-corrected chi connectivity index (χ2v) is 9.92. The molecule has 32 heavy (non-hydrogen) atoms. The number of rotatable bonds is 7. The molecule has 0 saturated carbocycles. The van der Waals surface area contributed by atoms with Crippen molar-refractivity contribution in [1.29, 1.82) is 0 Å². The molecule has 0 aliphatic carbocycles. The fourth-order valence-electron chi connectivity index (χ4n) is 3.80. The van der Waals surface area contributed by atoms with Crippen molar-refractivity contribution in [1.82, 2.24) is 9.88 Å². The summed E-state index contributed by atoms with van der Waals surface area (Å²) in [6.07, 6.45) is 1.07. The third-order valence-corrected chi connectivity index (χ3v) is 6.90. The van der Waals surface area contributed by atoms with Crippen molar-refractivity contribution < 1.29 is 9.59 Å². The van der Waals surface area contributed by atoms with Crippen LogP contribution in [0.4, 0.5) is 10.8 Å². The molecule has 1 aliphatic rings. The summed E-state index contributed by atoms with van der Waals surface area (Å²) in [5.74, 6) is -0.402. The molecule has 1 atom stereocenters. The summed E-state index contributed by atoms with van der Waals surface area (Å²) in [6, 6.07) is 15.5. The lowest BCUT2D eigenvalue weighted by molar-refractivity contribution is -0.124. The van der Waals surface area contributed by atoms with Gasteiger partial charge in [-0.15, -0.1) is 12.4 Å². The molecule has 9 heteroatoms. The molecule has 2 aromatic carbocycles. The largest absolute Gasteiger partial charge is 0.312 e. The van der Waals surface area contributed by atoms with Crippen LogP contribution in [0.3, 0.4) is 0 Å². The molecule has 0 radical (unpaired) electrons. The number of fused-ring (bicyclic) bond motifs is 1.